The lowest BCUT2D eigenvalue weighted by Gasteiger charge is -2.28. The lowest BCUT2D eigenvalue weighted by atomic mass is 10.3. The SMILES string of the molecule is CCCC(=O)NC[Si](OCC)(OCC)OCC. The molecule has 0 unspecified atom stereocenters. The maximum atomic E-state index is 11.4. The van der Waals surface area contributed by atoms with Crippen LogP contribution >= 0.6 is 0 Å². The Morgan fingerprint density at radius 3 is 1.82 bits per heavy atom. The molecule has 5 nitrogen and oxygen atoms in total. The highest BCUT2D eigenvalue weighted by Gasteiger charge is 2.40. The summed E-state index contributed by atoms with van der Waals surface area (Å²) in [7, 11) is -2.72. The van der Waals surface area contributed by atoms with Gasteiger partial charge in [-0.2, -0.15) is 0 Å². The van der Waals surface area contributed by atoms with Crippen LogP contribution < -0.4 is 5.32 Å². The molecule has 102 valence electrons. The molecule has 1 N–H and O–H groups in total. The van der Waals surface area contributed by atoms with E-state index >= 15 is 0 Å². The quantitative estimate of drug-likeness (QED) is 0.607. The van der Waals surface area contributed by atoms with Crippen molar-refractivity contribution in [3.05, 3.63) is 0 Å². The van der Waals surface area contributed by atoms with E-state index in [9.17, 15) is 4.79 Å². The second kappa shape index (κ2) is 9.58. The van der Waals surface area contributed by atoms with E-state index in [1.54, 1.807) is 0 Å². The first kappa shape index (κ1) is 16.6. The van der Waals surface area contributed by atoms with Crippen molar-refractivity contribution in [3.8, 4) is 0 Å². The van der Waals surface area contributed by atoms with E-state index in [0.29, 0.717) is 32.4 Å². The average Bonchev–Trinajstić information content (AvgIpc) is 2.28. The first-order valence-corrected chi connectivity index (χ1v) is 8.25. The lowest BCUT2D eigenvalue weighted by Crippen LogP contribution is -2.55. The molecule has 0 aliphatic rings. The fraction of sp³-hybridized carbons (Fsp3) is 0.909. The van der Waals surface area contributed by atoms with Crippen LogP contribution in [0, 0.1) is 0 Å². The van der Waals surface area contributed by atoms with Crippen LogP contribution in [0.3, 0.4) is 0 Å². The normalized spacial score (nSPS) is 11.5. The third kappa shape index (κ3) is 6.77. The van der Waals surface area contributed by atoms with Crippen LogP contribution in [0.4, 0.5) is 0 Å². The van der Waals surface area contributed by atoms with Crippen molar-refractivity contribution >= 4 is 14.7 Å². The van der Waals surface area contributed by atoms with Gasteiger partial charge in [0.15, 0.2) is 0 Å². The fourth-order valence-electron chi connectivity index (χ4n) is 1.46. The van der Waals surface area contributed by atoms with Crippen LogP contribution in [0.15, 0.2) is 0 Å². The van der Waals surface area contributed by atoms with Gasteiger partial charge in [-0.25, -0.2) is 0 Å². The second-order valence-electron chi connectivity index (χ2n) is 3.51. The van der Waals surface area contributed by atoms with Gasteiger partial charge in [-0.05, 0) is 27.2 Å². The number of carbonyl (C=O) groups is 1. The smallest absolute Gasteiger partial charge is 0.373 e. The molecule has 0 aliphatic carbocycles. The van der Waals surface area contributed by atoms with Gasteiger partial charge in [0.25, 0.3) is 0 Å². The van der Waals surface area contributed by atoms with E-state index in [1.807, 2.05) is 27.7 Å². The van der Waals surface area contributed by atoms with Gasteiger partial charge < -0.3 is 18.6 Å². The third-order valence-electron chi connectivity index (χ3n) is 2.07. The van der Waals surface area contributed by atoms with Crippen molar-refractivity contribution in [2.24, 2.45) is 0 Å². The van der Waals surface area contributed by atoms with Crippen molar-refractivity contribution in [2.75, 3.05) is 26.0 Å². The van der Waals surface area contributed by atoms with Crippen LogP contribution in [0.25, 0.3) is 0 Å². The van der Waals surface area contributed by atoms with Gasteiger partial charge in [0, 0.05) is 26.2 Å². The highest BCUT2D eigenvalue weighted by Crippen LogP contribution is 2.09. The lowest BCUT2D eigenvalue weighted by molar-refractivity contribution is -0.121. The number of hydrogen-bond acceptors (Lipinski definition) is 4. The zero-order valence-corrected chi connectivity index (χ0v) is 12.4. The number of amides is 1. The fourth-order valence-corrected chi connectivity index (χ4v) is 3.75. The molecule has 0 saturated heterocycles. The highest BCUT2D eigenvalue weighted by atomic mass is 28.4. The summed E-state index contributed by atoms with van der Waals surface area (Å²) in [5.74, 6) is 0.0171. The van der Waals surface area contributed by atoms with Crippen molar-refractivity contribution < 1.29 is 18.1 Å². The van der Waals surface area contributed by atoms with Gasteiger partial charge in [-0.3, -0.25) is 4.79 Å². The summed E-state index contributed by atoms with van der Waals surface area (Å²) in [4.78, 5) is 11.4. The molecule has 6 heteroatoms. The number of nitrogens with one attached hydrogen (secondary N) is 1. The first-order chi connectivity index (χ1) is 8.14. The second-order valence-corrected chi connectivity index (χ2v) is 6.09. The maximum absolute atomic E-state index is 11.4. The maximum Gasteiger partial charge on any atom is 0.521 e. The zero-order valence-electron chi connectivity index (χ0n) is 11.4. The molecule has 0 bridgehead atoms. The van der Waals surface area contributed by atoms with Gasteiger partial charge >= 0.3 is 8.80 Å². The predicted molar refractivity (Wildman–Crippen MR) is 68.5 cm³/mol. The van der Waals surface area contributed by atoms with E-state index in [-0.39, 0.29) is 5.91 Å². The monoisotopic (exact) mass is 263 g/mol. The van der Waals surface area contributed by atoms with Crippen molar-refractivity contribution in [3.63, 3.8) is 0 Å². The van der Waals surface area contributed by atoms with Gasteiger partial charge in [0.1, 0.15) is 0 Å². The molecule has 0 aromatic carbocycles. The molecule has 1 amide bonds. The minimum atomic E-state index is -2.72. The summed E-state index contributed by atoms with van der Waals surface area (Å²) < 4.78 is 16.9. The molecule has 0 aromatic rings. The molecule has 0 saturated carbocycles. The Hall–Kier alpha value is -0.433. The van der Waals surface area contributed by atoms with E-state index in [2.05, 4.69) is 5.32 Å². The highest BCUT2D eigenvalue weighted by molar-refractivity contribution is 6.61. The molecule has 0 fully saturated rings. The molecule has 0 radical (unpaired) electrons. The van der Waals surface area contributed by atoms with Crippen molar-refractivity contribution in [1.29, 1.82) is 0 Å². The molecule has 0 spiro atoms. The molecule has 0 rings (SSSR count). The standard InChI is InChI=1S/C11H25NO4Si/c1-5-9-11(13)12-10-17(14-6-2,15-7-3)16-8-4/h5-10H2,1-4H3,(H,12,13). The van der Waals surface area contributed by atoms with Crippen molar-refractivity contribution in [2.45, 2.75) is 40.5 Å². The summed E-state index contributed by atoms with van der Waals surface area (Å²) in [5.41, 5.74) is 0. The molecule has 0 aromatic heterocycles. The van der Waals surface area contributed by atoms with Crippen LogP contribution in [-0.4, -0.2) is 40.7 Å². The Morgan fingerprint density at radius 2 is 1.47 bits per heavy atom. The van der Waals surface area contributed by atoms with Gasteiger partial charge in [-0.15, -0.1) is 0 Å². The molecule has 0 heterocycles. The predicted octanol–water partition coefficient (Wildman–Crippen LogP) is 1.49. The van der Waals surface area contributed by atoms with Crippen LogP contribution in [0.5, 0.6) is 0 Å². The summed E-state index contributed by atoms with van der Waals surface area (Å²) in [6.07, 6.45) is 1.70. The Bertz CT molecular complexity index is 197. The van der Waals surface area contributed by atoms with Crippen molar-refractivity contribution in [1.82, 2.24) is 5.32 Å². The topological polar surface area (TPSA) is 56.8 Å². The van der Waals surface area contributed by atoms with Crippen LogP contribution in [-0.2, 0) is 18.1 Å². The van der Waals surface area contributed by atoms with Gasteiger partial charge in [-0.1, -0.05) is 6.92 Å². The first-order valence-electron chi connectivity index (χ1n) is 6.32. The largest absolute Gasteiger partial charge is 0.521 e. The van der Waals surface area contributed by atoms with Gasteiger partial charge in [0.2, 0.25) is 5.91 Å². The van der Waals surface area contributed by atoms with E-state index < -0.39 is 8.80 Å². The summed E-state index contributed by atoms with van der Waals surface area (Å²) in [6, 6.07) is 0. The zero-order chi connectivity index (χ0) is 13.1. The number of carbonyl (C=O) groups excluding carboxylic acids is 1. The summed E-state index contributed by atoms with van der Waals surface area (Å²) in [5, 5.41) is 2.83. The molecular formula is C11H25NO4Si. The Balaban J connectivity index is 4.37. The Labute approximate surface area is 105 Å². The average molecular weight is 263 g/mol. The van der Waals surface area contributed by atoms with Gasteiger partial charge in [0.05, 0.1) is 6.17 Å². The molecule has 0 aliphatic heterocycles. The molecule has 17 heavy (non-hydrogen) atoms. The summed E-state index contributed by atoms with van der Waals surface area (Å²) in [6.45, 7) is 9.23. The third-order valence-corrected chi connectivity index (χ3v) is 4.87. The Morgan fingerprint density at radius 1 is 1.00 bits per heavy atom. The van der Waals surface area contributed by atoms with Crippen LogP contribution in [0.1, 0.15) is 40.5 Å². The minimum absolute atomic E-state index is 0.0171. The van der Waals surface area contributed by atoms with E-state index in [1.165, 1.54) is 0 Å². The molecular weight excluding hydrogens is 238 g/mol. The summed E-state index contributed by atoms with van der Waals surface area (Å²) >= 11 is 0. The number of rotatable bonds is 10. The molecule has 0 atom stereocenters. The minimum Gasteiger partial charge on any atom is -0.373 e. The Kier molecular flexibility index (Phi) is 9.34. The van der Waals surface area contributed by atoms with Crippen LogP contribution in [0.2, 0.25) is 0 Å². The number of hydrogen-bond donors (Lipinski definition) is 1. The van der Waals surface area contributed by atoms with E-state index in [4.69, 9.17) is 13.3 Å². The van der Waals surface area contributed by atoms with E-state index in [0.717, 1.165) is 6.42 Å².